The van der Waals surface area contributed by atoms with Crippen LogP contribution in [0.15, 0.2) is 71.6 Å². The van der Waals surface area contributed by atoms with E-state index >= 15 is 0 Å². The molecular formula is C28H30N2O4S. The zero-order valence-corrected chi connectivity index (χ0v) is 20.9. The number of carbonyl (C=O) groups is 1. The Labute approximate surface area is 207 Å². The molecule has 1 fully saturated rings. The highest BCUT2D eigenvalue weighted by Gasteiger charge is 2.37. The summed E-state index contributed by atoms with van der Waals surface area (Å²) < 4.78 is 33.5. The number of anilines is 1. The minimum absolute atomic E-state index is 0.0902. The van der Waals surface area contributed by atoms with Crippen molar-refractivity contribution in [2.45, 2.75) is 50.7 Å². The Morgan fingerprint density at radius 1 is 0.857 bits per heavy atom. The SMILES string of the molecule is Cc1ccc(Cc2ccc(S(=O)(=O)N3CCC(N4C(=O)OCc5cc(C)ccc54)CC3)cc2)cc1. The van der Waals surface area contributed by atoms with Crippen LogP contribution in [-0.4, -0.2) is 37.9 Å². The summed E-state index contributed by atoms with van der Waals surface area (Å²) in [5.41, 5.74) is 6.47. The number of piperidine rings is 1. The van der Waals surface area contributed by atoms with Crippen molar-refractivity contribution >= 4 is 21.8 Å². The summed E-state index contributed by atoms with van der Waals surface area (Å²) in [6.07, 6.45) is 1.53. The molecule has 0 atom stereocenters. The van der Waals surface area contributed by atoms with E-state index in [1.165, 1.54) is 15.4 Å². The van der Waals surface area contributed by atoms with Crippen LogP contribution in [0.3, 0.4) is 0 Å². The molecule has 5 rings (SSSR count). The summed E-state index contributed by atoms with van der Waals surface area (Å²) in [5.74, 6) is 0. The number of carbonyl (C=O) groups excluding carboxylic acids is 1. The zero-order chi connectivity index (χ0) is 24.6. The van der Waals surface area contributed by atoms with Crippen molar-refractivity contribution in [1.82, 2.24) is 4.31 Å². The van der Waals surface area contributed by atoms with E-state index in [1.54, 1.807) is 17.0 Å². The predicted octanol–water partition coefficient (Wildman–Crippen LogP) is 5.20. The van der Waals surface area contributed by atoms with Gasteiger partial charge in [0.25, 0.3) is 0 Å². The Morgan fingerprint density at radius 3 is 2.11 bits per heavy atom. The molecule has 0 aliphatic carbocycles. The van der Waals surface area contributed by atoms with Crippen molar-refractivity contribution in [2.75, 3.05) is 18.0 Å². The van der Waals surface area contributed by atoms with E-state index in [-0.39, 0.29) is 18.7 Å². The van der Waals surface area contributed by atoms with Crippen molar-refractivity contribution in [3.63, 3.8) is 0 Å². The molecule has 3 aromatic rings. The molecule has 7 heteroatoms. The van der Waals surface area contributed by atoms with Crippen LogP contribution in [0.5, 0.6) is 0 Å². The molecule has 2 aliphatic heterocycles. The first-order valence-electron chi connectivity index (χ1n) is 12.0. The number of sulfonamides is 1. The predicted molar refractivity (Wildman–Crippen MR) is 136 cm³/mol. The fourth-order valence-electron chi connectivity index (χ4n) is 4.93. The van der Waals surface area contributed by atoms with E-state index in [0.29, 0.717) is 30.8 Å². The van der Waals surface area contributed by atoms with E-state index in [4.69, 9.17) is 4.74 Å². The van der Waals surface area contributed by atoms with Crippen molar-refractivity contribution in [1.29, 1.82) is 0 Å². The molecule has 0 unspecified atom stereocenters. The van der Waals surface area contributed by atoms with Crippen LogP contribution < -0.4 is 4.90 Å². The average molecular weight is 491 g/mol. The molecule has 1 saturated heterocycles. The molecular weight excluding hydrogens is 460 g/mol. The second kappa shape index (κ2) is 9.47. The first-order valence-corrected chi connectivity index (χ1v) is 13.5. The number of cyclic esters (lactones) is 1. The number of aryl methyl sites for hydroxylation is 2. The maximum Gasteiger partial charge on any atom is 0.414 e. The largest absolute Gasteiger partial charge is 0.444 e. The molecule has 2 heterocycles. The maximum absolute atomic E-state index is 13.3. The van der Waals surface area contributed by atoms with Gasteiger partial charge in [0.05, 0.1) is 10.6 Å². The van der Waals surface area contributed by atoms with Crippen molar-refractivity contribution < 1.29 is 17.9 Å². The molecule has 6 nitrogen and oxygen atoms in total. The first kappa shape index (κ1) is 23.6. The Balaban J connectivity index is 1.26. The molecule has 0 N–H and O–H groups in total. The van der Waals surface area contributed by atoms with Gasteiger partial charge in [-0.2, -0.15) is 4.31 Å². The number of hydrogen-bond acceptors (Lipinski definition) is 4. The molecule has 35 heavy (non-hydrogen) atoms. The van der Waals surface area contributed by atoms with Gasteiger partial charge in [0.15, 0.2) is 0 Å². The summed E-state index contributed by atoms with van der Waals surface area (Å²) in [6.45, 7) is 5.08. The van der Waals surface area contributed by atoms with Gasteiger partial charge in [0, 0.05) is 24.7 Å². The smallest absolute Gasteiger partial charge is 0.414 e. The Bertz CT molecular complexity index is 1330. The second-order valence-corrected chi connectivity index (χ2v) is 11.4. The van der Waals surface area contributed by atoms with Gasteiger partial charge in [0.2, 0.25) is 10.0 Å². The molecule has 0 spiro atoms. The first-order chi connectivity index (χ1) is 16.8. The fourth-order valence-corrected chi connectivity index (χ4v) is 6.40. The van der Waals surface area contributed by atoms with Crippen LogP contribution >= 0.6 is 0 Å². The van der Waals surface area contributed by atoms with Gasteiger partial charge in [-0.05, 0) is 62.4 Å². The average Bonchev–Trinajstić information content (AvgIpc) is 2.86. The quantitative estimate of drug-likeness (QED) is 0.493. The molecule has 182 valence electrons. The number of hydrogen-bond donors (Lipinski definition) is 0. The Hall–Kier alpha value is -3.16. The maximum atomic E-state index is 13.3. The lowest BCUT2D eigenvalue weighted by molar-refractivity contribution is 0.135. The van der Waals surface area contributed by atoms with Crippen LogP contribution in [0.1, 0.15) is 40.7 Å². The summed E-state index contributed by atoms with van der Waals surface area (Å²) in [4.78, 5) is 14.6. The number of benzene rings is 3. The summed E-state index contributed by atoms with van der Waals surface area (Å²) >= 11 is 0. The highest BCUT2D eigenvalue weighted by molar-refractivity contribution is 7.89. The number of nitrogens with zero attached hydrogens (tertiary/aromatic N) is 2. The Morgan fingerprint density at radius 2 is 1.46 bits per heavy atom. The molecule has 3 aromatic carbocycles. The lowest BCUT2D eigenvalue weighted by Crippen LogP contribution is -2.50. The molecule has 0 bridgehead atoms. The van der Waals surface area contributed by atoms with Gasteiger partial charge >= 0.3 is 6.09 Å². The van der Waals surface area contributed by atoms with Crippen molar-refractivity contribution in [3.05, 3.63) is 94.5 Å². The van der Waals surface area contributed by atoms with Gasteiger partial charge in [-0.25, -0.2) is 13.2 Å². The second-order valence-electron chi connectivity index (χ2n) is 9.50. The van der Waals surface area contributed by atoms with E-state index in [1.807, 2.05) is 37.3 Å². The van der Waals surface area contributed by atoms with Crippen molar-refractivity contribution in [2.24, 2.45) is 0 Å². The highest BCUT2D eigenvalue weighted by atomic mass is 32.2. The topological polar surface area (TPSA) is 66.9 Å². The molecule has 0 radical (unpaired) electrons. The van der Waals surface area contributed by atoms with Gasteiger partial charge in [-0.15, -0.1) is 0 Å². The minimum Gasteiger partial charge on any atom is -0.444 e. The van der Waals surface area contributed by atoms with E-state index < -0.39 is 10.0 Å². The van der Waals surface area contributed by atoms with Crippen LogP contribution in [0, 0.1) is 13.8 Å². The van der Waals surface area contributed by atoms with Crippen molar-refractivity contribution in [3.8, 4) is 0 Å². The normalized spacial score (nSPS) is 17.2. The number of ether oxygens (including phenoxy) is 1. The third-order valence-corrected chi connectivity index (χ3v) is 8.83. The van der Waals surface area contributed by atoms with Gasteiger partial charge < -0.3 is 4.74 Å². The van der Waals surface area contributed by atoms with Crippen LogP contribution in [0.25, 0.3) is 0 Å². The van der Waals surface area contributed by atoms with Crippen LogP contribution in [0.4, 0.5) is 10.5 Å². The van der Waals surface area contributed by atoms with Gasteiger partial charge in [-0.1, -0.05) is 59.7 Å². The van der Waals surface area contributed by atoms with E-state index in [0.717, 1.165) is 28.8 Å². The summed E-state index contributed by atoms with van der Waals surface area (Å²) in [6, 6.07) is 21.5. The third kappa shape index (κ3) is 4.83. The van der Waals surface area contributed by atoms with E-state index in [9.17, 15) is 13.2 Å². The molecule has 0 saturated carbocycles. The standard InChI is InChI=1S/C28H30N2O4S/c1-20-3-6-22(7-4-20)18-23-8-10-26(11-9-23)35(32,33)29-15-13-25(14-16-29)30-27-12-5-21(2)17-24(27)19-34-28(30)31/h3-12,17,25H,13-16,18-19H2,1-2H3. The number of fused-ring (bicyclic) bond motifs is 1. The fraction of sp³-hybridized carbons (Fsp3) is 0.321. The third-order valence-electron chi connectivity index (χ3n) is 6.92. The zero-order valence-electron chi connectivity index (χ0n) is 20.1. The lowest BCUT2D eigenvalue weighted by atomic mass is 10.0. The number of amides is 1. The highest BCUT2D eigenvalue weighted by Crippen LogP contribution is 2.33. The molecule has 2 aliphatic rings. The van der Waals surface area contributed by atoms with Crippen LogP contribution in [0.2, 0.25) is 0 Å². The van der Waals surface area contributed by atoms with Gasteiger partial charge in [-0.3, -0.25) is 4.90 Å². The number of rotatable bonds is 5. The minimum atomic E-state index is -3.59. The summed E-state index contributed by atoms with van der Waals surface area (Å²) in [5, 5.41) is 0. The summed E-state index contributed by atoms with van der Waals surface area (Å²) in [7, 11) is -3.59. The van der Waals surface area contributed by atoms with Crippen LogP contribution in [-0.2, 0) is 27.8 Å². The van der Waals surface area contributed by atoms with E-state index in [2.05, 4.69) is 31.2 Å². The molecule has 1 amide bonds. The van der Waals surface area contributed by atoms with Gasteiger partial charge in [0.1, 0.15) is 6.61 Å². The lowest BCUT2D eigenvalue weighted by Gasteiger charge is -2.39. The Kier molecular flexibility index (Phi) is 6.38. The monoisotopic (exact) mass is 490 g/mol. The molecule has 0 aromatic heterocycles.